The molecule has 2 nitrogen and oxygen atoms in total. The van der Waals surface area contributed by atoms with Gasteiger partial charge in [0.15, 0.2) is 0 Å². The van der Waals surface area contributed by atoms with Crippen molar-refractivity contribution in [3.63, 3.8) is 0 Å². The highest BCUT2D eigenvalue weighted by Gasteiger charge is 2.27. The van der Waals surface area contributed by atoms with E-state index in [2.05, 4.69) is 39.3 Å². The molecule has 0 saturated heterocycles. The number of hydrogen-bond acceptors (Lipinski definition) is 1. The lowest BCUT2D eigenvalue weighted by molar-refractivity contribution is 0.519. The first-order valence-corrected chi connectivity index (χ1v) is 6.45. The van der Waals surface area contributed by atoms with Gasteiger partial charge in [-0.15, -0.1) is 0 Å². The average Bonchev–Trinajstić information content (AvgIpc) is 2.75. The van der Waals surface area contributed by atoms with Crippen molar-refractivity contribution in [3.05, 3.63) is 17.2 Å². The highest BCUT2D eigenvalue weighted by Crippen LogP contribution is 2.36. The van der Waals surface area contributed by atoms with E-state index in [9.17, 15) is 0 Å². The van der Waals surface area contributed by atoms with Crippen LogP contribution in [-0.4, -0.2) is 9.55 Å². The molecule has 2 heteroatoms. The first-order valence-electron chi connectivity index (χ1n) is 6.45. The van der Waals surface area contributed by atoms with Gasteiger partial charge >= 0.3 is 0 Å². The predicted molar refractivity (Wildman–Crippen MR) is 67.9 cm³/mol. The van der Waals surface area contributed by atoms with Crippen LogP contribution in [0.4, 0.5) is 0 Å². The van der Waals surface area contributed by atoms with E-state index in [0.717, 1.165) is 5.92 Å². The second-order valence-electron chi connectivity index (χ2n) is 6.20. The van der Waals surface area contributed by atoms with Crippen LogP contribution < -0.4 is 0 Å². The molecule has 1 aromatic heterocycles. The van der Waals surface area contributed by atoms with Crippen LogP contribution in [0.3, 0.4) is 0 Å². The summed E-state index contributed by atoms with van der Waals surface area (Å²) in [6.45, 7) is 8.95. The van der Waals surface area contributed by atoms with Gasteiger partial charge in [0.2, 0.25) is 0 Å². The van der Waals surface area contributed by atoms with Crippen molar-refractivity contribution in [3.8, 4) is 0 Å². The van der Waals surface area contributed by atoms with Crippen LogP contribution in [0, 0.1) is 6.92 Å². The predicted octanol–water partition coefficient (Wildman–Crippen LogP) is 3.68. The summed E-state index contributed by atoms with van der Waals surface area (Å²) in [5.74, 6) is 1.95. The Balaban J connectivity index is 2.40. The molecule has 1 heterocycles. The van der Waals surface area contributed by atoms with Gasteiger partial charge in [0, 0.05) is 24.1 Å². The van der Waals surface area contributed by atoms with Crippen molar-refractivity contribution < 1.29 is 0 Å². The third kappa shape index (κ3) is 1.90. The van der Waals surface area contributed by atoms with Gasteiger partial charge < -0.3 is 4.57 Å². The van der Waals surface area contributed by atoms with Crippen molar-refractivity contribution in [2.75, 3.05) is 0 Å². The molecule has 0 radical (unpaired) electrons. The Bertz CT molecular complexity index is 376. The summed E-state index contributed by atoms with van der Waals surface area (Å²) in [7, 11) is 2.15. The van der Waals surface area contributed by atoms with E-state index in [1.807, 2.05) is 0 Å². The van der Waals surface area contributed by atoms with Gasteiger partial charge in [-0.05, 0) is 19.8 Å². The van der Waals surface area contributed by atoms with E-state index in [0.29, 0.717) is 0 Å². The van der Waals surface area contributed by atoms with Crippen LogP contribution in [0.1, 0.15) is 69.6 Å². The highest BCUT2D eigenvalue weighted by molar-refractivity contribution is 5.23. The van der Waals surface area contributed by atoms with Crippen LogP contribution in [0.25, 0.3) is 0 Å². The fourth-order valence-electron chi connectivity index (χ4n) is 2.86. The minimum atomic E-state index is 0.149. The van der Waals surface area contributed by atoms with E-state index in [1.165, 1.54) is 42.9 Å². The van der Waals surface area contributed by atoms with E-state index in [1.54, 1.807) is 0 Å². The van der Waals surface area contributed by atoms with Crippen molar-refractivity contribution in [1.82, 2.24) is 9.55 Å². The van der Waals surface area contributed by atoms with E-state index in [4.69, 9.17) is 4.98 Å². The molecule has 0 spiro atoms. The summed E-state index contributed by atoms with van der Waals surface area (Å²) in [6, 6.07) is 0. The number of nitrogens with zero attached hydrogens (tertiary/aromatic N) is 2. The van der Waals surface area contributed by atoms with Gasteiger partial charge in [-0.2, -0.15) is 0 Å². The highest BCUT2D eigenvalue weighted by atomic mass is 15.1. The molecule has 16 heavy (non-hydrogen) atoms. The zero-order valence-corrected chi connectivity index (χ0v) is 11.3. The SMILES string of the molecule is Cc1c(C2CCCC2)nc(C(C)(C)C)n1C. The van der Waals surface area contributed by atoms with Gasteiger partial charge in [-0.25, -0.2) is 4.98 Å². The number of rotatable bonds is 1. The Labute approximate surface area is 99.1 Å². The monoisotopic (exact) mass is 220 g/mol. The summed E-state index contributed by atoms with van der Waals surface area (Å²) in [4.78, 5) is 4.93. The zero-order valence-electron chi connectivity index (χ0n) is 11.3. The standard InChI is InChI=1S/C14H24N2/c1-10-12(11-8-6-7-9-11)15-13(16(10)5)14(2,3)4/h11H,6-9H2,1-5H3. The van der Waals surface area contributed by atoms with E-state index < -0.39 is 0 Å². The summed E-state index contributed by atoms with van der Waals surface area (Å²) >= 11 is 0. The van der Waals surface area contributed by atoms with Gasteiger partial charge in [-0.3, -0.25) is 0 Å². The molecule has 1 aromatic rings. The molecule has 0 atom stereocenters. The maximum atomic E-state index is 4.93. The van der Waals surface area contributed by atoms with E-state index >= 15 is 0 Å². The Morgan fingerprint density at radius 1 is 1.19 bits per heavy atom. The minimum absolute atomic E-state index is 0.149. The first kappa shape index (κ1) is 11.7. The second kappa shape index (κ2) is 3.90. The largest absolute Gasteiger partial charge is 0.335 e. The molecule has 0 unspecified atom stereocenters. The molecule has 0 aromatic carbocycles. The quantitative estimate of drug-likeness (QED) is 0.706. The van der Waals surface area contributed by atoms with Crippen molar-refractivity contribution >= 4 is 0 Å². The first-order chi connectivity index (χ1) is 7.41. The summed E-state index contributed by atoms with van der Waals surface area (Å²) in [5, 5.41) is 0. The molecule has 0 aliphatic heterocycles. The topological polar surface area (TPSA) is 17.8 Å². The fourth-order valence-corrected chi connectivity index (χ4v) is 2.86. The molecule has 0 N–H and O–H groups in total. The Morgan fingerprint density at radius 3 is 2.19 bits per heavy atom. The maximum Gasteiger partial charge on any atom is 0.114 e. The molecule has 0 amide bonds. The van der Waals surface area contributed by atoms with Gasteiger partial charge in [0.25, 0.3) is 0 Å². The molecular formula is C14H24N2. The molecule has 1 aliphatic rings. The lowest BCUT2D eigenvalue weighted by atomic mass is 9.96. The third-order valence-electron chi connectivity index (χ3n) is 3.83. The molecule has 2 rings (SSSR count). The number of hydrogen-bond donors (Lipinski definition) is 0. The van der Waals surface area contributed by atoms with E-state index in [-0.39, 0.29) is 5.41 Å². The van der Waals surface area contributed by atoms with Gasteiger partial charge in [0.1, 0.15) is 5.82 Å². The van der Waals surface area contributed by atoms with Crippen LogP contribution >= 0.6 is 0 Å². The Hall–Kier alpha value is -0.790. The summed E-state index contributed by atoms with van der Waals surface area (Å²) in [6.07, 6.45) is 5.43. The van der Waals surface area contributed by atoms with Gasteiger partial charge in [-0.1, -0.05) is 33.6 Å². The Morgan fingerprint density at radius 2 is 1.75 bits per heavy atom. The second-order valence-corrected chi connectivity index (χ2v) is 6.20. The third-order valence-corrected chi connectivity index (χ3v) is 3.83. The zero-order chi connectivity index (χ0) is 11.9. The van der Waals surface area contributed by atoms with Crippen molar-refractivity contribution in [2.45, 2.75) is 64.7 Å². The molecule has 1 aliphatic carbocycles. The van der Waals surface area contributed by atoms with Crippen LogP contribution in [0.2, 0.25) is 0 Å². The number of imidazole rings is 1. The van der Waals surface area contributed by atoms with Gasteiger partial charge in [0.05, 0.1) is 5.69 Å². The molecule has 0 bridgehead atoms. The Kier molecular flexibility index (Phi) is 2.85. The normalized spacial score (nSPS) is 18.3. The van der Waals surface area contributed by atoms with Crippen LogP contribution in [-0.2, 0) is 12.5 Å². The minimum Gasteiger partial charge on any atom is -0.335 e. The van der Waals surface area contributed by atoms with Crippen molar-refractivity contribution in [1.29, 1.82) is 0 Å². The van der Waals surface area contributed by atoms with Crippen molar-refractivity contribution in [2.24, 2.45) is 7.05 Å². The average molecular weight is 220 g/mol. The fraction of sp³-hybridized carbons (Fsp3) is 0.786. The summed E-state index contributed by atoms with van der Waals surface area (Å²) in [5.41, 5.74) is 2.89. The van der Waals surface area contributed by atoms with Crippen LogP contribution in [0.5, 0.6) is 0 Å². The maximum absolute atomic E-state index is 4.93. The number of aromatic nitrogens is 2. The molecule has 1 saturated carbocycles. The van der Waals surface area contributed by atoms with Crippen LogP contribution in [0.15, 0.2) is 0 Å². The molecule has 1 fully saturated rings. The molecule has 90 valence electrons. The smallest absolute Gasteiger partial charge is 0.114 e. The molecular weight excluding hydrogens is 196 g/mol. The lowest BCUT2D eigenvalue weighted by Crippen LogP contribution is -2.17. The lowest BCUT2D eigenvalue weighted by Gasteiger charge is -2.17. The summed E-state index contributed by atoms with van der Waals surface area (Å²) < 4.78 is 2.29.